The van der Waals surface area contributed by atoms with Gasteiger partial charge in [-0.25, -0.2) is 8.78 Å². The average molecular weight is 213 g/mol. The van der Waals surface area contributed by atoms with Crippen LogP contribution >= 0.6 is 0 Å². The van der Waals surface area contributed by atoms with E-state index in [2.05, 4.69) is 5.32 Å². The van der Waals surface area contributed by atoms with Crippen LogP contribution in [0.25, 0.3) is 0 Å². The summed E-state index contributed by atoms with van der Waals surface area (Å²) in [5.41, 5.74) is -1.06. The molecule has 1 aromatic carbocycles. The number of halogens is 2. The fourth-order valence-electron chi connectivity index (χ4n) is 1.12. The van der Waals surface area contributed by atoms with Gasteiger partial charge >= 0.3 is 0 Å². The number of hydrogen-bond donors (Lipinski definition) is 1. The van der Waals surface area contributed by atoms with Gasteiger partial charge in [-0.2, -0.15) is 0 Å². The third-order valence-electron chi connectivity index (χ3n) is 1.68. The molecule has 0 aliphatic carbocycles. The minimum absolute atomic E-state index is 0.522. The van der Waals surface area contributed by atoms with Crippen LogP contribution in [0, 0.1) is 11.6 Å². The van der Waals surface area contributed by atoms with Crippen molar-refractivity contribution in [3.05, 3.63) is 35.4 Å². The van der Waals surface area contributed by atoms with Crippen molar-refractivity contribution >= 4 is 5.91 Å². The number of hydrogen-bond acceptors (Lipinski definition) is 1. The Bertz CT molecular complexity index is 362. The number of carbonyl (C=O) groups is 1. The van der Waals surface area contributed by atoms with Gasteiger partial charge in [0.15, 0.2) is 0 Å². The molecule has 0 radical (unpaired) electrons. The fraction of sp³-hybridized carbons (Fsp3) is 0.364. The predicted molar refractivity (Wildman–Crippen MR) is 53.6 cm³/mol. The van der Waals surface area contributed by atoms with Gasteiger partial charge in [0, 0.05) is 5.54 Å². The topological polar surface area (TPSA) is 29.1 Å². The van der Waals surface area contributed by atoms with Crippen molar-refractivity contribution in [1.29, 1.82) is 0 Å². The van der Waals surface area contributed by atoms with Gasteiger partial charge in [0.25, 0.3) is 5.91 Å². The van der Waals surface area contributed by atoms with Crippen LogP contribution in [0.1, 0.15) is 31.1 Å². The fourth-order valence-corrected chi connectivity index (χ4v) is 1.12. The van der Waals surface area contributed by atoms with Gasteiger partial charge in [-0.1, -0.05) is 6.07 Å². The Hall–Kier alpha value is -1.45. The number of benzene rings is 1. The van der Waals surface area contributed by atoms with Gasteiger partial charge in [-0.3, -0.25) is 4.79 Å². The predicted octanol–water partition coefficient (Wildman–Crippen LogP) is 2.49. The van der Waals surface area contributed by atoms with Gasteiger partial charge in [-0.05, 0) is 32.9 Å². The molecule has 0 saturated carbocycles. The van der Waals surface area contributed by atoms with Gasteiger partial charge in [-0.15, -0.1) is 0 Å². The second-order valence-corrected chi connectivity index (χ2v) is 4.30. The van der Waals surface area contributed by atoms with Crippen molar-refractivity contribution in [1.82, 2.24) is 5.32 Å². The lowest BCUT2D eigenvalue weighted by Crippen LogP contribution is -2.41. The summed E-state index contributed by atoms with van der Waals surface area (Å²) < 4.78 is 26.4. The van der Waals surface area contributed by atoms with Crippen LogP contribution in [-0.2, 0) is 0 Å². The normalized spacial score (nSPS) is 11.3. The van der Waals surface area contributed by atoms with Crippen molar-refractivity contribution in [2.75, 3.05) is 0 Å². The highest BCUT2D eigenvalue weighted by molar-refractivity contribution is 5.95. The molecular weight excluding hydrogens is 200 g/mol. The van der Waals surface area contributed by atoms with E-state index in [0.29, 0.717) is 0 Å². The number of nitrogens with one attached hydrogen (secondary N) is 1. The smallest absolute Gasteiger partial charge is 0.257 e. The Morgan fingerprint density at radius 1 is 1.20 bits per heavy atom. The molecule has 0 atom stereocenters. The van der Waals surface area contributed by atoms with Gasteiger partial charge in [0.2, 0.25) is 0 Å². The second kappa shape index (κ2) is 3.96. The molecule has 0 spiro atoms. The highest BCUT2D eigenvalue weighted by atomic mass is 19.1. The molecule has 1 rings (SSSR count). The molecule has 0 aliphatic heterocycles. The van der Waals surface area contributed by atoms with Crippen molar-refractivity contribution in [2.45, 2.75) is 26.3 Å². The minimum atomic E-state index is -0.850. The third kappa shape index (κ3) is 3.01. The second-order valence-electron chi connectivity index (χ2n) is 4.30. The van der Waals surface area contributed by atoms with E-state index in [1.54, 1.807) is 20.8 Å². The summed E-state index contributed by atoms with van der Waals surface area (Å²) in [6.07, 6.45) is 0. The molecule has 0 aromatic heterocycles. The maximum absolute atomic E-state index is 13.2. The van der Waals surface area contributed by atoms with Gasteiger partial charge in [0.1, 0.15) is 17.2 Å². The highest BCUT2D eigenvalue weighted by Gasteiger charge is 2.21. The summed E-state index contributed by atoms with van der Waals surface area (Å²) in [5, 5.41) is 2.50. The van der Waals surface area contributed by atoms with E-state index >= 15 is 0 Å². The summed E-state index contributed by atoms with van der Waals surface area (Å²) in [4.78, 5) is 11.5. The van der Waals surface area contributed by atoms with E-state index in [0.717, 1.165) is 12.1 Å². The third-order valence-corrected chi connectivity index (χ3v) is 1.68. The molecule has 2 nitrogen and oxygen atoms in total. The Kier molecular flexibility index (Phi) is 3.07. The van der Waals surface area contributed by atoms with Crippen LogP contribution in [0.5, 0.6) is 0 Å². The molecule has 4 heteroatoms. The molecule has 82 valence electrons. The van der Waals surface area contributed by atoms with E-state index in [9.17, 15) is 13.6 Å². The maximum Gasteiger partial charge on any atom is 0.257 e. The standard InChI is InChI=1S/C11H13F2NO/c1-11(2,3)14-10(15)9-7(12)5-4-6-8(9)13/h4-6H,1-3H3,(H,14,15). The van der Waals surface area contributed by atoms with Crippen molar-refractivity contribution < 1.29 is 13.6 Å². The zero-order valence-electron chi connectivity index (χ0n) is 8.90. The lowest BCUT2D eigenvalue weighted by atomic mass is 10.1. The molecule has 15 heavy (non-hydrogen) atoms. The lowest BCUT2D eigenvalue weighted by Gasteiger charge is -2.20. The van der Waals surface area contributed by atoms with Crippen LogP contribution in [-0.4, -0.2) is 11.4 Å². The van der Waals surface area contributed by atoms with Crippen molar-refractivity contribution in [3.8, 4) is 0 Å². The quantitative estimate of drug-likeness (QED) is 0.763. The first-order valence-electron chi connectivity index (χ1n) is 4.58. The first kappa shape index (κ1) is 11.6. The molecule has 0 saturated heterocycles. The highest BCUT2D eigenvalue weighted by Crippen LogP contribution is 2.13. The molecule has 1 N–H and O–H groups in total. The van der Waals surface area contributed by atoms with Crippen molar-refractivity contribution in [3.63, 3.8) is 0 Å². The summed E-state index contributed by atoms with van der Waals surface area (Å²) in [6, 6.07) is 3.33. The number of amides is 1. The monoisotopic (exact) mass is 213 g/mol. The number of carbonyl (C=O) groups excluding carboxylic acids is 1. The summed E-state index contributed by atoms with van der Waals surface area (Å²) >= 11 is 0. The SMILES string of the molecule is CC(C)(C)NC(=O)c1c(F)cccc1F. The molecule has 1 aromatic rings. The largest absolute Gasteiger partial charge is 0.347 e. The van der Waals surface area contributed by atoms with E-state index in [1.165, 1.54) is 6.07 Å². The van der Waals surface area contributed by atoms with Gasteiger partial charge in [0.05, 0.1) is 0 Å². The lowest BCUT2D eigenvalue weighted by molar-refractivity contribution is 0.0911. The molecule has 0 bridgehead atoms. The van der Waals surface area contributed by atoms with Crippen molar-refractivity contribution in [2.24, 2.45) is 0 Å². The zero-order chi connectivity index (χ0) is 11.6. The van der Waals surface area contributed by atoms with Crippen LogP contribution in [0.2, 0.25) is 0 Å². The van der Waals surface area contributed by atoms with Gasteiger partial charge < -0.3 is 5.32 Å². The molecule has 0 aliphatic rings. The first-order chi connectivity index (χ1) is 6.81. The molecule has 0 unspecified atom stereocenters. The molecule has 0 fully saturated rings. The van der Waals surface area contributed by atoms with E-state index in [4.69, 9.17) is 0 Å². The Balaban J connectivity index is 3.02. The Morgan fingerprint density at radius 2 is 1.67 bits per heavy atom. The van der Waals surface area contributed by atoms with Crippen LogP contribution in [0.15, 0.2) is 18.2 Å². The zero-order valence-corrected chi connectivity index (χ0v) is 8.90. The number of rotatable bonds is 1. The first-order valence-corrected chi connectivity index (χ1v) is 4.58. The summed E-state index contributed by atoms with van der Waals surface area (Å²) in [5.74, 6) is -2.44. The van der Waals surface area contributed by atoms with E-state index in [-0.39, 0.29) is 0 Å². The van der Waals surface area contributed by atoms with E-state index < -0.39 is 28.6 Å². The van der Waals surface area contributed by atoms with E-state index in [1.807, 2.05) is 0 Å². The van der Waals surface area contributed by atoms with Crippen LogP contribution < -0.4 is 5.32 Å². The van der Waals surface area contributed by atoms with Crippen LogP contribution in [0.4, 0.5) is 8.78 Å². The summed E-state index contributed by atoms with van der Waals surface area (Å²) in [7, 11) is 0. The molecule has 1 amide bonds. The summed E-state index contributed by atoms with van der Waals surface area (Å²) in [6.45, 7) is 5.22. The van der Waals surface area contributed by atoms with Crippen LogP contribution in [0.3, 0.4) is 0 Å². The molecule has 0 heterocycles. The molecular formula is C11H13F2NO. The minimum Gasteiger partial charge on any atom is -0.347 e. The average Bonchev–Trinajstić information content (AvgIpc) is 1.99. The Morgan fingerprint density at radius 3 is 2.07 bits per heavy atom. The Labute approximate surface area is 87.3 Å². The maximum atomic E-state index is 13.2.